The number of unbranched alkanes of at least 4 members (excludes halogenated alkanes) is 1. The fourth-order valence-corrected chi connectivity index (χ4v) is 1.79. The van der Waals surface area contributed by atoms with Crippen molar-refractivity contribution in [1.82, 2.24) is 10.9 Å². The molecule has 0 radical (unpaired) electrons. The van der Waals surface area contributed by atoms with Gasteiger partial charge in [0.2, 0.25) is 5.91 Å². The maximum absolute atomic E-state index is 11.9. The summed E-state index contributed by atoms with van der Waals surface area (Å²) in [6.07, 6.45) is 2.20. The number of carbonyl (C=O) groups is 3. The van der Waals surface area contributed by atoms with Crippen molar-refractivity contribution in [3.05, 3.63) is 35.9 Å². The highest BCUT2D eigenvalue weighted by molar-refractivity contribution is 6.02. The molecule has 20 heavy (non-hydrogen) atoms. The Labute approximate surface area is 118 Å². The number of ketones is 1. The molecular formula is C15H20N2O3. The highest BCUT2D eigenvalue weighted by Gasteiger charge is 2.22. The molecule has 0 fully saturated rings. The quantitative estimate of drug-likeness (QED) is 0.615. The zero-order valence-electron chi connectivity index (χ0n) is 11.8. The first-order chi connectivity index (χ1) is 9.56. The van der Waals surface area contributed by atoms with Crippen molar-refractivity contribution in [2.75, 3.05) is 0 Å². The van der Waals surface area contributed by atoms with E-state index < -0.39 is 17.7 Å². The first-order valence-corrected chi connectivity index (χ1v) is 6.72. The zero-order valence-corrected chi connectivity index (χ0v) is 11.8. The molecule has 108 valence electrons. The van der Waals surface area contributed by atoms with E-state index in [9.17, 15) is 14.4 Å². The second-order valence-corrected chi connectivity index (χ2v) is 4.61. The van der Waals surface area contributed by atoms with Gasteiger partial charge in [-0.2, -0.15) is 0 Å². The Bertz CT molecular complexity index is 471. The third-order valence-corrected chi connectivity index (χ3v) is 2.99. The lowest BCUT2D eigenvalue weighted by molar-refractivity contribution is -0.133. The number of hydrogen-bond donors (Lipinski definition) is 2. The standard InChI is InChI=1S/C15H20N2O3/c1-3-4-10-13(11(2)18)15(20)17-16-14(19)12-8-6-5-7-9-12/h5-9,13H,3-4,10H2,1-2H3,(H,16,19)(H,17,20). The molecule has 0 heterocycles. The zero-order chi connectivity index (χ0) is 15.0. The van der Waals surface area contributed by atoms with E-state index in [0.29, 0.717) is 12.0 Å². The summed E-state index contributed by atoms with van der Waals surface area (Å²) in [5.74, 6) is -1.76. The van der Waals surface area contributed by atoms with Gasteiger partial charge in [-0.25, -0.2) is 0 Å². The second-order valence-electron chi connectivity index (χ2n) is 4.61. The predicted octanol–water partition coefficient (Wildman–Crippen LogP) is 1.84. The molecule has 0 spiro atoms. The molecule has 5 heteroatoms. The van der Waals surface area contributed by atoms with E-state index in [-0.39, 0.29) is 5.78 Å². The first-order valence-electron chi connectivity index (χ1n) is 6.72. The molecule has 0 aliphatic rings. The normalized spacial score (nSPS) is 11.5. The van der Waals surface area contributed by atoms with E-state index >= 15 is 0 Å². The Morgan fingerprint density at radius 1 is 1.10 bits per heavy atom. The van der Waals surface area contributed by atoms with Gasteiger partial charge in [0.25, 0.3) is 5.91 Å². The lowest BCUT2D eigenvalue weighted by Gasteiger charge is -2.14. The fourth-order valence-electron chi connectivity index (χ4n) is 1.79. The monoisotopic (exact) mass is 276 g/mol. The molecule has 0 saturated heterocycles. The van der Waals surface area contributed by atoms with Crippen LogP contribution in [0.25, 0.3) is 0 Å². The summed E-state index contributed by atoms with van der Waals surface area (Å²) in [6, 6.07) is 8.54. The Morgan fingerprint density at radius 3 is 2.30 bits per heavy atom. The number of amides is 2. The molecule has 1 rings (SSSR count). The molecule has 0 aromatic heterocycles. The van der Waals surface area contributed by atoms with Crippen LogP contribution in [0.5, 0.6) is 0 Å². The minimum Gasteiger partial charge on any atom is -0.299 e. The molecule has 0 aliphatic heterocycles. The van der Waals surface area contributed by atoms with Crippen molar-refractivity contribution in [1.29, 1.82) is 0 Å². The Kier molecular flexibility index (Phi) is 6.43. The first kappa shape index (κ1) is 15.9. The summed E-state index contributed by atoms with van der Waals surface area (Å²) < 4.78 is 0. The van der Waals surface area contributed by atoms with E-state index in [1.165, 1.54) is 6.92 Å². The van der Waals surface area contributed by atoms with Gasteiger partial charge in [0, 0.05) is 5.56 Å². The van der Waals surface area contributed by atoms with Gasteiger partial charge in [0.1, 0.15) is 5.78 Å². The molecule has 1 aromatic carbocycles. The summed E-state index contributed by atoms with van der Waals surface area (Å²) in [7, 11) is 0. The molecule has 1 atom stereocenters. The van der Waals surface area contributed by atoms with Crippen LogP contribution < -0.4 is 10.9 Å². The van der Waals surface area contributed by atoms with E-state index in [2.05, 4.69) is 10.9 Å². The minimum atomic E-state index is -0.703. The molecule has 5 nitrogen and oxygen atoms in total. The van der Waals surface area contributed by atoms with Crippen LogP contribution >= 0.6 is 0 Å². The molecule has 1 unspecified atom stereocenters. The van der Waals surface area contributed by atoms with Crippen molar-refractivity contribution in [3.8, 4) is 0 Å². The smallest absolute Gasteiger partial charge is 0.269 e. The summed E-state index contributed by atoms with van der Waals surface area (Å²) in [4.78, 5) is 35.1. The molecule has 0 bridgehead atoms. The van der Waals surface area contributed by atoms with Crippen LogP contribution in [0.15, 0.2) is 30.3 Å². The SMILES string of the molecule is CCCCC(C(C)=O)C(=O)NNC(=O)c1ccccc1. The summed E-state index contributed by atoms with van der Waals surface area (Å²) in [5.41, 5.74) is 5.08. The van der Waals surface area contributed by atoms with Gasteiger partial charge >= 0.3 is 0 Å². The van der Waals surface area contributed by atoms with Crippen molar-refractivity contribution in [3.63, 3.8) is 0 Å². The van der Waals surface area contributed by atoms with Crippen LogP contribution in [0.2, 0.25) is 0 Å². The molecule has 0 saturated carbocycles. The van der Waals surface area contributed by atoms with Crippen molar-refractivity contribution < 1.29 is 14.4 Å². The molecule has 0 aliphatic carbocycles. The molecule has 2 amide bonds. The van der Waals surface area contributed by atoms with Crippen LogP contribution in [0.1, 0.15) is 43.5 Å². The van der Waals surface area contributed by atoms with Crippen LogP contribution in [0, 0.1) is 5.92 Å². The van der Waals surface area contributed by atoms with Crippen molar-refractivity contribution in [2.24, 2.45) is 5.92 Å². The van der Waals surface area contributed by atoms with E-state index in [1.807, 2.05) is 6.92 Å². The Hall–Kier alpha value is -2.17. The lowest BCUT2D eigenvalue weighted by atomic mass is 9.98. The maximum Gasteiger partial charge on any atom is 0.269 e. The third-order valence-electron chi connectivity index (χ3n) is 2.99. The van der Waals surface area contributed by atoms with Crippen molar-refractivity contribution in [2.45, 2.75) is 33.1 Å². The summed E-state index contributed by atoms with van der Waals surface area (Å²) >= 11 is 0. The average Bonchev–Trinajstić information content (AvgIpc) is 2.45. The van der Waals surface area contributed by atoms with Crippen LogP contribution in [-0.2, 0) is 9.59 Å². The number of Topliss-reactive ketones (excluding diaryl/α,β-unsaturated/α-hetero) is 1. The fraction of sp³-hybridized carbons (Fsp3) is 0.400. The number of rotatable bonds is 6. The van der Waals surface area contributed by atoms with Gasteiger partial charge in [-0.1, -0.05) is 38.0 Å². The largest absolute Gasteiger partial charge is 0.299 e. The van der Waals surface area contributed by atoms with Crippen LogP contribution in [0.4, 0.5) is 0 Å². The van der Waals surface area contributed by atoms with E-state index in [1.54, 1.807) is 30.3 Å². The number of carbonyl (C=O) groups excluding carboxylic acids is 3. The van der Waals surface area contributed by atoms with Gasteiger partial charge in [-0.05, 0) is 25.5 Å². The highest BCUT2D eigenvalue weighted by Crippen LogP contribution is 2.09. The predicted molar refractivity (Wildman–Crippen MR) is 75.7 cm³/mol. The number of hydrogen-bond acceptors (Lipinski definition) is 3. The number of benzene rings is 1. The second kappa shape index (κ2) is 8.09. The molecule has 1 aromatic rings. The van der Waals surface area contributed by atoms with Gasteiger partial charge in [-0.3, -0.25) is 25.2 Å². The Morgan fingerprint density at radius 2 is 1.75 bits per heavy atom. The average molecular weight is 276 g/mol. The number of hydrazine groups is 1. The van der Waals surface area contributed by atoms with Gasteiger partial charge in [0.15, 0.2) is 0 Å². The topological polar surface area (TPSA) is 75.3 Å². The van der Waals surface area contributed by atoms with Crippen LogP contribution in [0.3, 0.4) is 0 Å². The number of nitrogens with one attached hydrogen (secondary N) is 2. The van der Waals surface area contributed by atoms with Crippen molar-refractivity contribution >= 4 is 17.6 Å². The van der Waals surface area contributed by atoms with Gasteiger partial charge in [0.05, 0.1) is 5.92 Å². The van der Waals surface area contributed by atoms with Crippen LogP contribution in [-0.4, -0.2) is 17.6 Å². The van der Waals surface area contributed by atoms with Gasteiger partial charge < -0.3 is 0 Å². The molecule has 2 N–H and O–H groups in total. The minimum absolute atomic E-state index is 0.190. The Balaban J connectivity index is 2.52. The van der Waals surface area contributed by atoms with Gasteiger partial charge in [-0.15, -0.1) is 0 Å². The third kappa shape index (κ3) is 4.84. The highest BCUT2D eigenvalue weighted by atomic mass is 16.2. The molecular weight excluding hydrogens is 256 g/mol. The lowest BCUT2D eigenvalue weighted by Crippen LogP contribution is -2.46. The maximum atomic E-state index is 11.9. The van der Waals surface area contributed by atoms with E-state index in [4.69, 9.17) is 0 Å². The summed E-state index contributed by atoms with van der Waals surface area (Å²) in [5, 5.41) is 0. The van der Waals surface area contributed by atoms with E-state index in [0.717, 1.165) is 12.8 Å². The summed E-state index contributed by atoms with van der Waals surface area (Å²) in [6.45, 7) is 3.38.